The average molecular weight is 696 g/mol. The minimum Gasteiger partial charge on any atom is -0.438 e. The number of hydrogen-bond acceptors (Lipinski definition) is 8. The fourth-order valence-corrected chi connectivity index (χ4v) is 6.30. The third kappa shape index (κ3) is 6.19. The van der Waals surface area contributed by atoms with E-state index in [-0.39, 0.29) is 17.4 Å². The van der Waals surface area contributed by atoms with Crippen LogP contribution < -0.4 is 20.5 Å². The minimum absolute atomic E-state index is 0.0823. The molecule has 0 spiro atoms. The van der Waals surface area contributed by atoms with Crippen molar-refractivity contribution in [3.05, 3.63) is 132 Å². The summed E-state index contributed by atoms with van der Waals surface area (Å²) in [5, 5.41) is 7.62. The molecule has 12 nitrogen and oxygen atoms in total. The lowest BCUT2D eigenvalue weighted by molar-refractivity contribution is -0.119. The molecule has 3 aromatic carbocycles. The molecule has 1 aliphatic heterocycles. The number of ether oxygens (including phenoxy) is 1. The molecule has 0 radical (unpaired) electrons. The van der Waals surface area contributed by atoms with Crippen molar-refractivity contribution in [2.75, 3.05) is 16.8 Å². The molecule has 1 aliphatic rings. The SMILES string of the molecule is Cn1cc(-c2oc3ncnc(Oc4ccc(NC(=O)c5cccn(-c6ccc(F)cc6)c5=O)cc4)c3c2-c2cccc(N3CCCCC3=O)c2)cn1. The molecule has 5 heterocycles. The summed E-state index contributed by atoms with van der Waals surface area (Å²) >= 11 is 0. The zero-order valence-electron chi connectivity index (χ0n) is 27.8. The zero-order valence-corrected chi connectivity index (χ0v) is 27.8. The van der Waals surface area contributed by atoms with Gasteiger partial charge in [0.05, 0.1) is 11.8 Å². The summed E-state index contributed by atoms with van der Waals surface area (Å²) in [6.07, 6.45) is 8.74. The number of carbonyl (C=O) groups excluding carboxylic acids is 2. The maximum atomic E-state index is 13.4. The van der Waals surface area contributed by atoms with Crippen LogP contribution >= 0.6 is 0 Å². The summed E-state index contributed by atoms with van der Waals surface area (Å²) in [5.74, 6) is 0.226. The molecule has 0 aliphatic carbocycles. The molecule has 1 saturated heterocycles. The first-order chi connectivity index (χ1) is 25.3. The lowest BCUT2D eigenvalue weighted by Gasteiger charge is -2.27. The number of aromatic nitrogens is 5. The molecule has 52 heavy (non-hydrogen) atoms. The highest BCUT2D eigenvalue weighted by Gasteiger charge is 2.26. The van der Waals surface area contributed by atoms with Crippen LogP contribution in [0.3, 0.4) is 0 Å². The van der Waals surface area contributed by atoms with Gasteiger partial charge >= 0.3 is 0 Å². The van der Waals surface area contributed by atoms with E-state index in [2.05, 4.69) is 20.4 Å². The van der Waals surface area contributed by atoms with Crippen LogP contribution in [0, 0.1) is 5.82 Å². The van der Waals surface area contributed by atoms with Crippen LogP contribution in [0.15, 0.2) is 119 Å². The number of furan rings is 1. The molecule has 0 atom stereocenters. The fourth-order valence-electron chi connectivity index (χ4n) is 6.30. The van der Waals surface area contributed by atoms with Crippen LogP contribution in [-0.2, 0) is 11.8 Å². The summed E-state index contributed by atoms with van der Waals surface area (Å²) in [6.45, 7) is 0.650. The third-order valence-electron chi connectivity index (χ3n) is 8.81. The summed E-state index contributed by atoms with van der Waals surface area (Å²) in [5.41, 5.74) is 3.51. The molecule has 7 aromatic rings. The number of pyridine rings is 1. The van der Waals surface area contributed by atoms with Crippen LogP contribution in [0.4, 0.5) is 15.8 Å². The first kappa shape index (κ1) is 32.3. The topological polar surface area (TPSA) is 137 Å². The van der Waals surface area contributed by atoms with Gasteiger partial charge in [-0.1, -0.05) is 12.1 Å². The van der Waals surface area contributed by atoms with Gasteiger partial charge in [0, 0.05) is 55.0 Å². The highest BCUT2D eigenvalue weighted by atomic mass is 19.1. The van der Waals surface area contributed by atoms with Gasteiger partial charge in [0.1, 0.15) is 34.6 Å². The smallest absolute Gasteiger partial charge is 0.267 e. The third-order valence-corrected chi connectivity index (χ3v) is 8.81. The van der Waals surface area contributed by atoms with Gasteiger partial charge in [0.15, 0.2) is 0 Å². The summed E-state index contributed by atoms with van der Waals surface area (Å²) in [4.78, 5) is 49.8. The molecule has 0 saturated carbocycles. The Bertz CT molecular complexity index is 2520. The highest BCUT2D eigenvalue weighted by molar-refractivity contribution is 6.05. The maximum absolute atomic E-state index is 13.4. The Morgan fingerprint density at radius 1 is 0.923 bits per heavy atom. The molecular weight excluding hydrogens is 665 g/mol. The summed E-state index contributed by atoms with van der Waals surface area (Å²) in [7, 11) is 1.82. The number of halogens is 1. The number of carbonyl (C=O) groups is 2. The van der Waals surface area contributed by atoms with Crippen LogP contribution in [0.2, 0.25) is 0 Å². The van der Waals surface area contributed by atoms with E-state index in [4.69, 9.17) is 9.15 Å². The van der Waals surface area contributed by atoms with Gasteiger partial charge in [-0.2, -0.15) is 5.10 Å². The molecular formula is C39H30FN7O5. The Labute approximate surface area is 295 Å². The largest absolute Gasteiger partial charge is 0.438 e. The molecule has 2 amide bonds. The maximum Gasteiger partial charge on any atom is 0.267 e. The van der Waals surface area contributed by atoms with Gasteiger partial charge in [0.2, 0.25) is 17.5 Å². The normalized spacial score (nSPS) is 13.0. The molecule has 1 N–H and O–H groups in total. The Morgan fingerprint density at radius 3 is 2.52 bits per heavy atom. The predicted molar refractivity (Wildman–Crippen MR) is 192 cm³/mol. The zero-order chi connectivity index (χ0) is 35.8. The number of benzene rings is 3. The van der Waals surface area contributed by atoms with E-state index in [9.17, 15) is 18.8 Å². The van der Waals surface area contributed by atoms with E-state index in [0.717, 1.165) is 29.7 Å². The summed E-state index contributed by atoms with van der Waals surface area (Å²) in [6, 6.07) is 22.8. The molecule has 8 rings (SSSR count). The van der Waals surface area contributed by atoms with Crippen molar-refractivity contribution in [1.29, 1.82) is 0 Å². The van der Waals surface area contributed by atoms with Crippen LogP contribution in [0.1, 0.15) is 29.6 Å². The van der Waals surface area contributed by atoms with Crippen molar-refractivity contribution in [3.63, 3.8) is 0 Å². The number of nitrogens with zero attached hydrogens (tertiary/aromatic N) is 6. The van der Waals surface area contributed by atoms with E-state index in [1.165, 1.54) is 47.4 Å². The standard InChI is InChI=1S/C39H30FN7O5/c1-45-22-25(21-43-45)35-33(24-6-4-7-29(20-24)46-18-3-2-9-32(46)48)34-37(41-23-42-38(34)52-35)51-30-16-12-27(13-17-30)44-36(49)31-8-5-19-47(39(31)50)28-14-10-26(40)11-15-28/h4-8,10-17,19-23H,2-3,9,18H2,1H3,(H,44,49). The quantitative estimate of drug-likeness (QED) is 0.177. The second kappa shape index (κ2) is 13.4. The molecule has 0 unspecified atom stereocenters. The Morgan fingerprint density at radius 2 is 1.75 bits per heavy atom. The van der Waals surface area contributed by atoms with Crippen molar-refractivity contribution in [3.8, 4) is 39.8 Å². The van der Waals surface area contributed by atoms with Crippen molar-refractivity contribution in [2.24, 2.45) is 7.05 Å². The highest BCUT2D eigenvalue weighted by Crippen LogP contribution is 2.45. The van der Waals surface area contributed by atoms with E-state index < -0.39 is 17.3 Å². The number of amides is 2. The second-order valence-corrected chi connectivity index (χ2v) is 12.3. The van der Waals surface area contributed by atoms with E-state index in [1.54, 1.807) is 41.2 Å². The number of piperidine rings is 1. The first-order valence-corrected chi connectivity index (χ1v) is 16.6. The molecule has 0 bridgehead atoms. The lowest BCUT2D eigenvalue weighted by Crippen LogP contribution is -2.35. The average Bonchev–Trinajstić information content (AvgIpc) is 3.77. The van der Waals surface area contributed by atoms with Crippen molar-refractivity contribution in [2.45, 2.75) is 19.3 Å². The van der Waals surface area contributed by atoms with Gasteiger partial charge in [-0.15, -0.1) is 0 Å². The Hall–Kier alpha value is -6.89. The first-order valence-electron chi connectivity index (χ1n) is 16.6. The second-order valence-electron chi connectivity index (χ2n) is 12.3. The van der Waals surface area contributed by atoms with Gasteiger partial charge in [-0.05, 0) is 91.2 Å². The van der Waals surface area contributed by atoms with Crippen molar-refractivity contribution in [1.82, 2.24) is 24.3 Å². The lowest BCUT2D eigenvalue weighted by atomic mass is 9.99. The number of fused-ring (bicyclic) bond motifs is 1. The van der Waals surface area contributed by atoms with Gasteiger partial charge in [-0.25, -0.2) is 14.4 Å². The van der Waals surface area contributed by atoms with Crippen molar-refractivity contribution >= 4 is 34.3 Å². The van der Waals surface area contributed by atoms with E-state index in [1.807, 2.05) is 42.4 Å². The monoisotopic (exact) mass is 695 g/mol. The summed E-state index contributed by atoms with van der Waals surface area (Å²) < 4.78 is 29.0. The molecule has 258 valence electrons. The number of aryl methyl sites for hydroxylation is 1. The number of nitrogens with one attached hydrogen (secondary N) is 1. The minimum atomic E-state index is -0.605. The van der Waals surface area contributed by atoms with E-state index >= 15 is 0 Å². The fraction of sp³-hybridized carbons (Fsp3) is 0.128. The van der Waals surface area contributed by atoms with Crippen LogP contribution in [0.5, 0.6) is 11.6 Å². The molecule has 1 fully saturated rings. The number of rotatable bonds is 8. The van der Waals surface area contributed by atoms with Gasteiger partial charge < -0.3 is 19.4 Å². The van der Waals surface area contributed by atoms with Crippen LogP contribution in [-0.4, -0.2) is 42.7 Å². The Balaban J connectivity index is 1.10. The molecule has 13 heteroatoms. The molecule has 4 aromatic heterocycles. The number of anilines is 2. The van der Waals surface area contributed by atoms with Gasteiger partial charge in [-0.3, -0.25) is 23.6 Å². The Kier molecular flexibility index (Phi) is 8.35. The van der Waals surface area contributed by atoms with Crippen LogP contribution in [0.25, 0.3) is 39.2 Å². The van der Waals surface area contributed by atoms with E-state index in [0.29, 0.717) is 52.5 Å². The van der Waals surface area contributed by atoms with Crippen molar-refractivity contribution < 1.29 is 23.1 Å². The number of hydrogen-bond donors (Lipinski definition) is 1. The predicted octanol–water partition coefficient (Wildman–Crippen LogP) is 7.14. The van der Waals surface area contributed by atoms with Gasteiger partial charge in [0.25, 0.3) is 11.5 Å².